The molecule has 32 heavy (non-hydrogen) atoms. The first-order valence-electron chi connectivity index (χ1n) is 10.4. The van der Waals surface area contributed by atoms with Crippen LogP contribution in [-0.2, 0) is 13.1 Å². The maximum atomic E-state index is 12.3. The van der Waals surface area contributed by atoms with Crippen LogP contribution in [0.1, 0.15) is 21.5 Å². The SMILES string of the molecule is Cl.Cl.O=C1NCc2c(O)ccc(-c3cc4cc(CN5CCN(CCO)CC5)ccc4[nH]3)c21. The summed E-state index contributed by atoms with van der Waals surface area (Å²) in [5.41, 5.74) is 5.21. The lowest BCUT2D eigenvalue weighted by molar-refractivity contribution is 0.0966. The third kappa shape index (κ3) is 4.58. The highest BCUT2D eigenvalue weighted by molar-refractivity contribution is 6.05. The van der Waals surface area contributed by atoms with E-state index in [2.05, 4.69) is 44.4 Å². The minimum Gasteiger partial charge on any atom is -0.508 e. The molecule has 3 heterocycles. The summed E-state index contributed by atoms with van der Waals surface area (Å²) in [6, 6.07) is 12.0. The number of rotatable bonds is 5. The molecule has 0 radical (unpaired) electrons. The molecule has 7 nitrogen and oxygen atoms in total. The standard InChI is InChI=1S/C23H26N4O3.2ClH/c28-10-9-26-5-7-27(8-6-26)14-15-1-3-19-16(11-15)12-20(25-19)17-2-4-21(29)18-13-24-23(30)22(17)18;;/h1-4,11-12,25,28-29H,5-10,13-14H2,(H,24,30);2*1H. The van der Waals surface area contributed by atoms with E-state index in [1.807, 2.05) is 0 Å². The number of hydrogen-bond donors (Lipinski definition) is 4. The number of halogens is 2. The highest BCUT2D eigenvalue weighted by Gasteiger charge is 2.26. The second-order valence-corrected chi connectivity index (χ2v) is 8.11. The molecule has 1 saturated heterocycles. The first-order valence-corrected chi connectivity index (χ1v) is 10.4. The molecular weight excluding hydrogens is 451 g/mol. The Balaban J connectivity index is 0.00000144. The molecule has 1 fully saturated rings. The summed E-state index contributed by atoms with van der Waals surface area (Å²) in [7, 11) is 0. The van der Waals surface area contributed by atoms with Gasteiger partial charge in [-0.3, -0.25) is 14.6 Å². The molecular formula is C23H28Cl2N4O3. The number of nitrogens with zero attached hydrogens (tertiary/aromatic N) is 2. The van der Waals surface area contributed by atoms with Crippen LogP contribution < -0.4 is 5.32 Å². The largest absolute Gasteiger partial charge is 0.508 e. The minimum absolute atomic E-state index is 0. The third-order valence-electron chi connectivity index (χ3n) is 6.20. The lowest BCUT2D eigenvalue weighted by Gasteiger charge is -2.34. The number of aliphatic hydroxyl groups excluding tert-OH is 1. The average molecular weight is 479 g/mol. The number of nitrogens with one attached hydrogen (secondary N) is 2. The van der Waals surface area contributed by atoms with E-state index in [0.717, 1.165) is 61.4 Å². The van der Waals surface area contributed by atoms with Crippen molar-refractivity contribution in [3.63, 3.8) is 0 Å². The molecule has 3 aromatic rings. The molecule has 4 N–H and O–H groups in total. The molecule has 0 aliphatic carbocycles. The zero-order valence-electron chi connectivity index (χ0n) is 17.6. The Morgan fingerprint density at radius 2 is 1.72 bits per heavy atom. The van der Waals surface area contributed by atoms with Crippen molar-refractivity contribution < 1.29 is 15.0 Å². The van der Waals surface area contributed by atoms with Gasteiger partial charge in [0.1, 0.15) is 5.75 Å². The molecule has 5 rings (SSSR count). The summed E-state index contributed by atoms with van der Waals surface area (Å²) in [4.78, 5) is 20.5. The second kappa shape index (κ2) is 10.1. The Morgan fingerprint density at radius 3 is 2.47 bits per heavy atom. The molecule has 9 heteroatoms. The summed E-state index contributed by atoms with van der Waals surface area (Å²) in [5.74, 6) is 0.0140. The number of carbonyl (C=O) groups excluding carboxylic acids is 1. The number of amides is 1. The van der Waals surface area contributed by atoms with Crippen molar-refractivity contribution in [1.29, 1.82) is 0 Å². The van der Waals surface area contributed by atoms with Crippen molar-refractivity contribution >= 4 is 41.6 Å². The monoisotopic (exact) mass is 478 g/mol. The van der Waals surface area contributed by atoms with E-state index in [-0.39, 0.29) is 43.1 Å². The number of fused-ring (bicyclic) bond motifs is 2. The lowest BCUT2D eigenvalue weighted by atomic mass is 9.99. The molecule has 0 spiro atoms. The zero-order chi connectivity index (χ0) is 20.7. The summed E-state index contributed by atoms with van der Waals surface area (Å²) in [6.45, 7) is 6.24. The zero-order valence-corrected chi connectivity index (χ0v) is 19.3. The van der Waals surface area contributed by atoms with Crippen LogP contribution in [0.3, 0.4) is 0 Å². The van der Waals surface area contributed by atoms with Crippen LogP contribution in [-0.4, -0.2) is 70.2 Å². The van der Waals surface area contributed by atoms with Gasteiger partial charge in [0.05, 0.1) is 12.2 Å². The van der Waals surface area contributed by atoms with Gasteiger partial charge >= 0.3 is 0 Å². The van der Waals surface area contributed by atoms with Crippen molar-refractivity contribution in [3.8, 4) is 17.0 Å². The van der Waals surface area contributed by atoms with Crippen LogP contribution in [0.5, 0.6) is 5.75 Å². The van der Waals surface area contributed by atoms with E-state index >= 15 is 0 Å². The van der Waals surface area contributed by atoms with E-state index in [1.165, 1.54) is 5.56 Å². The number of hydrogen-bond acceptors (Lipinski definition) is 5. The summed E-state index contributed by atoms with van der Waals surface area (Å²) in [6.07, 6.45) is 0. The molecule has 1 amide bonds. The van der Waals surface area contributed by atoms with Gasteiger partial charge in [0, 0.05) is 73.5 Å². The number of benzene rings is 2. The van der Waals surface area contributed by atoms with Crippen molar-refractivity contribution in [3.05, 3.63) is 53.1 Å². The Hall–Kier alpha value is -2.29. The number of aromatic amines is 1. The molecule has 0 unspecified atom stereocenters. The average Bonchev–Trinajstić information content (AvgIpc) is 3.34. The maximum absolute atomic E-state index is 12.3. The van der Waals surface area contributed by atoms with Crippen LogP contribution in [0.2, 0.25) is 0 Å². The summed E-state index contributed by atoms with van der Waals surface area (Å²) in [5, 5.41) is 23.1. The molecule has 0 bridgehead atoms. The Bertz CT molecular complexity index is 1110. The smallest absolute Gasteiger partial charge is 0.252 e. The van der Waals surface area contributed by atoms with E-state index in [4.69, 9.17) is 5.11 Å². The Morgan fingerprint density at radius 1 is 0.969 bits per heavy atom. The fourth-order valence-electron chi connectivity index (χ4n) is 4.55. The molecule has 2 aliphatic rings. The maximum Gasteiger partial charge on any atom is 0.252 e. The normalized spacial score (nSPS) is 16.3. The number of aromatic hydroxyl groups is 1. The van der Waals surface area contributed by atoms with Gasteiger partial charge in [0.2, 0.25) is 0 Å². The van der Waals surface area contributed by atoms with Crippen molar-refractivity contribution in [2.75, 3.05) is 39.3 Å². The number of aromatic nitrogens is 1. The number of carbonyl (C=O) groups is 1. The predicted molar refractivity (Wildman–Crippen MR) is 130 cm³/mol. The van der Waals surface area contributed by atoms with E-state index in [1.54, 1.807) is 12.1 Å². The third-order valence-corrected chi connectivity index (χ3v) is 6.20. The second-order valence-electron chi connectivity index (χ2n) is 8.11. The molecule has 0 atom stereocenters. The number of phenolic OH excluding ortho intramolecular Hbond substituents is 1. The van der Waals surface area contributed by atoms with Gasteiger partial charge in [0.15, 0.2) is 0 Å². The fraction of sp³-hybridized carbons (Fsp3) is 0.348. The molecule has 2 aliphatic heterocycles. The van der Waals surface area contributed by atoms with Gasteiger partial charge in [-0.15, -0.1) is 24.8 Å². The van der Waals surface area contributed by atoms with Crippen LogP contribution in [0, 0.1) is 0 Å². The van der Waals surface area contributed by atoms with Crippen molar-refractivity contribution in [2.24, 2.45) is 0 Å². The van der Waals surface area contributed by atoms with Gasteiger partial charge in [-0.05, 0) is 35.9 Å². The molecule has 0 saturated carbocycles. The van der Waals surface area contributed by atoms with Crippen LogP contribution in [0.15, 0.2) is 36.4 Å². The Kier molecular flexibility index (Phi) is 7.69. The quantitative estimate of drug-likeness (QED) is 0.452. The van der Waals surface area contributed by atoms with Crippen LogP contribution in [0.4, 0.5) is 0 Å². The van der Waals surface area contributed by atoms with Crippen LogP contribution in [0.25, 0.3) is 22.2 Å². The predicted octanol–water partition coefficient (Wildman–Crippen LogP) is 2.74. The van der Waals surface area contributed by atoms with Gasteiger partial charge < -0.3 is 20.5 Å². The van der Waals surface area contributed by atoms with Gasteiger partial charge in [-0.1, -0.05) is 6.07 Å². The molecule has 172 valence electrons. The summed E-state index contributed by atoms with van der Waals surface area (Å²) < 4.78 is 0. The van der Waals surface area contributed by atoms with E-state index in [9.17, 15) is 9.90 Å². The number of piperazine rings is 1. The van der Waals surface area contributed by atoms with Crippen LogP contribution >= 0.6 is 24.8 Å². The van der Waals surface area contributed by atoms with E-state index in [0.29, 0.717) is 17.7 Å². The van der Waals surface area contributed by atoms with Crippen molar-refractivity contribution in [1.82, 2.24) is 20.1 Å². The van der Waals surface area contributed by atoms with Gasteiger partial charge in [-0.2, -0.15) is 0 Å². The molecule has 2 aromatic carbocycles. The van der Waals surface area contributed by atoms with Crippen molar-refractivity contribution in [2.45, 2.75) is 13.1 Å². The highest BCUT2D eigenvalue weighted by atomic mass is 35.5. The fourth-order valence-corrected chi connectivity index (χ4v) is 4.55. The summed E-state index contributed by atoms with van der Waals surface area (Å²) >= 11 is 0. The molecule has 1 aromatic heterocycles. The number of phenols is 1. The Labute approximate surface area is 199 Å². The minimum atomic E-state index is -0.143. The van der Waals surface area contributed by atoms with Gasteiger partial charge in [0.25, 0.3) is 5.91 Å². The number of aliphatic hydroxyl groups is 1. The first kappa shape index (κ1) is 24.4. The number of β-amino-alcohol motifs (C(OH)–C–C–N with tert-alkyl or cyclic N) is 1. The number of H-pyrrole nitrogens is 1. The lowest BCUT2D eigenvalue weighted by Crippen LogP contribution is -2.46. The van der Waals surface area contributed by atoms with Gasteiger partial charge in [-0.25, -0.2) is 0 Å². The topological polar surface area (TPSA) is 91.8 Å². The highest BCUT2D eigenvalue weighted by Crippen LogP contribution is 2.35. The first-order chi connectivity index (χ1) is 14.6. The van der Waals surface area contributed by atoms with E-state index < -0.39 is 0 Å².